The van der Waals surface area contributed by atoms with Gasteiger partial charge in [-0.25, -0.2) is 13.6 Å². The van der Waals surface area contributed by atoms with Crippen molar-refractivity contribution >= 4 is 29.3 Å². The van der Waals surface area contributed by atoms with E-state index in [0.29, 0.717) is 47.4 Å². The van der Waals surface area contributed by atoms with Crippen LogP contribution in [0.5, 0.6) is 11.5 Å². The molecule has 1 N–H and O–H groups in total. The lowest BCUT2D eigenvalue weighted by Crippen LogP contribution is -2.51. The van der Waals surface area contributed by atoms with Crippen molar-refractivity contribution in [1.82, 2.24) is 9.80 Å². The summed E-state index contributed by atoms with van der Waals surface area (Å²) in [4.78, 5) is 28.9. The number of carbonyl (C=O) groups is 2. The van der Waals surface area contributed by atoms with E-state index >= 15 is 0 Å². The van der Waals surface area contributed by atoms with Crippen LogP contribution in [0.1, 0.15) is 37.9 Å². The summed E-state index contributed by atoms with van der Waals surface area (Å²) >= 11 is 6.10. The van der Waals surface area contributed by atoms with Gasteiger partial charge in [0.1, 0.15) is 5.60 Å². The predicted octanol–water partition coefficient (Wildman–Crippen LogP) is 6.44. The first-order valence-electron chi connectivity index (χ1n) is 13.4. The van der Waals surface area contributed by atoms with Gasteiger partial charge in [-0.1, -0.05) is 35.9 Å². The number of halogens is 3. The van der Waals surface area contributed by atoms with Crippen LogP contribution in [0.15, 0.2) is 60.7 Å². The van der Waals surface area contributed by atoms with Crippen molar-refractivity contribution in [3.05, 3.63) is 88.4 Å². The second-order valence-electron chi connectivity index (χ2n) is 10.9. The second kappa shape index (κ2) is 13.4. The minimum absolute atomic E-state index is 0.235. The average molecular weight is 602 g/mol. The summed E-state index contributed by atoms with van der Waals surface area (Å²) in [5.74, 6) is -1.47. The van der Waals surface area contributed by atoms with E-state index in [9.17, 15) is 18.4 Å². The topological polar surface area (TPSA) is 80.3 Å². The van der Waals surface area contributed by atoms with Crippen LogP contribution in [0.2, 0.25) is 5.02 Å². The van der Waals surface area contributed by atoms with Crippen molar-refractivity contribution in [2.24, 2.45) is 0 Å². The number of hydrogen-bond donors (Lipinski definition) is 1. The highest BCUT2D eigenvalue weighted by Crippen LogP contribution is 2.33. The Morgan fingerprint density at radius 3 is 2.45 bits per heavy atom. The molecule has 2 amide bonds. The maximum Gasteiger partial charge on any atom is 0.410 e. The third kappa shape index (κ3) is 8.10. The summed E-state index contributed by atoms with van der Waals surface area (Å²) in [5, 5.41) is 3.12. The van der Waals surface area contributed by atoms with Gasteiger partial charge in [-0.15, -0.1) is 0 Å². The Kier molecular flexibility index (Phi) is 9.90. The molecule has 0 radical (unpaired) electrons. The van der Waals surface area contributed by atoms with Gasteiger partial charge >= 0.3 is 6.09 Å². The largest absolute Gasteiger partial charge is 0.493 e. The maximum absolute atomic E-state index is 14.2. The number of nitrogens with zero attached hydrogens (tertiary/aromatic N) is 2. The van der Waals surface area contributed by atoms with Crippen LogP contribution in [-0.2, 0) is 16.1 Å². The van der Waals surface area contributed by atoms with Gasteiger partial charge in [-0.3, -0.25) is 9.69 Å². The fraction of sp³-hybridized carbons (Fsp3) is 0.355. The number of ether oxygens (including phenoxy) is 3. The fourth-order valence-corrected chi connectivity index (χ4v) is 4.78. The minimum atomic E-state index is -0.955. The molecule has 1 saturated heterocycles. The number of nitrogens with one attached hydrogen (secondary N) is 1. The molecule has 224 valence electrons. The van der Waals surface area contributed by atoms with Crippen molar-refractivity contribution in [3.8, 4) is 11.5 Å². The van der Waals surface area contributed by atoms with E-state index in [1.54, 1.807) is 62.1 Å². The van der Waals surface area contributed by atoms with Crippen LogP contribution in [0.4, 0.5) is 19.3 Å². The first-order chi connectivity index (χ1) is 19.9. The molecule has 8 nitrogen and oxygen atoms in total. The molecule has 3 aromatic rings. The zero-order chi connectivity index (χ0) is 30.4. The molecule has 1 unspecified atom stereocenters. The quantitative estimate of drug-likeness (QED) is 0.320. The molecule has 0 saturated carbocycles. The highest BCUT2D eigenvalue weighted by atomic mass is 35.5. The predicted molar refractivity (Wildman–Crippen MR) is 156 cm³/mol. The normalized spacial score (nSPS) is 15.7. The molecule has 1 aliphatic heterocycles. The summed E-state index contributed by atoms with van der Waals surface area (Å²) in [6.07, 6.45) is -0.462. The van der Waals surface area contributed by atoms with Gasteiger partial charge in [0.05, 0.1) is 23.9 Å². The first kappa shape index (κ1) is 31.1. The van der Waals surface area contributed by atoms with Gasteiger partial charge in [0.15, 0.2) is 29.7 Å². The molecule has 1 atom stereocenters. The van der Waals surface area contributed by atoms with Crippen molar-refractivity contribution < 1.29 is 32.6 Å². The second-order valence-corrected chi connectivity index (χ2v) is 11.3. The summed E-state index contributed by atoms with van der Waals surface area (Å²) in [6, 6.07) is 15.6. The zero-order valence-corrected chi connectivity index (χ0v) is 24.7. The number of benzene rings is 3. The summed E-state index contributed by atoms with van der Waals surface area (Å²) in [6.45, 7) is 6.64. The summed E-state index contributed by atoms with van der Waals surface area (Å²) < 4.78 is 44.7. The zero-order valence-electron chi connectivity index (χ0n) is 24.0. The third-order valence-corrected chi connectivity index (χ3v) is 6.92. The molecule has 11 heteroatoms. The lowest BCUT2D eigenvalue weighted by molar-refractivity contribution is -0.118. The van der Waals surface area contributed by atoms with E-state index in [4.69, 9.17) is 25.8 Å². The number of amides is 2. The van der Waals surface area contributed by atoms with Gasteiger partial charge in [0.2, 0.25) is 0 Å². The minimum Gasteiger partial charge on any atom is -0.493 e. The Morgan fingerprint density at radius 1 is 1.00 bits per heavy atom. The molecule has 1 aliphatic rings. The Hall–Kier alpha value is -3.89. The number of piperazine rings is 1. The Bertz CT molecular complexity index is 1430. The van der Waals surface area contributed by atoms with Crippen LogP contribution in [0, 0.1) is 11.6 Å². The summed E-state index contributed by atoms with van der Waals surface area (Å²) in [5.41, 5.74) is 1.22. The van der Waals surface area contributed by atoms with E-state index < -0.39 is 29.4 Å². The molecule has 0 aliphatic carbocycles. The molecule has 1 heterocycles. The molecular weight excluding hydrogens is 568 g/mol. The van der Waals surface area contributed by atoms with Crippen LogP contribution >= 0.6 is 11.6 Å². The Labute approximate surface area is 249 Å². The van der Waals surface area contributed by atoms with Crippen LogP contribution in [-0.4, -0.2) is 60.8 Å². The number of methoxy groups -OCH3 is 1. The van der Waals surface area contributed by atoms with Crippen molar-refractivity contribution in [1.29, 1.82) is 0 Å². The molecule has 1 fully saturated rings. The molecule has 0 aromatic heterocycles. The van der Waals surface area contributed by atoms with E-state index in [1.165, 1.54) is 13.2 Å². The highest BCUT2D eigenvalue weighted by Gasteiger charge is 2.33. The molecule has 42 heavy (non-hydrogen) atoms. The molecular formula is C31H34ClF2N3O5. The smallest absolute Gasteiger partial charge is 0.410 e. The van der Waals surface area contributed by atoms with Crippen molar-refractivity contribution in [2.75, 3.05) is 38.7 Å². The number of anilines is 1. The van der Waals surface area contributed by atoms with E-state index in [-0.39, 0.29) is 19.1 Å². The number of hydrogen-bond acceptors (Lipinski definition) is 6. The lowest BCUT2D eigenvalue weighted by atomic mass is 10.0. The standard InChI is InChI=1S/C31H34ClF2N3O5/c1-31(2,3)42-30(39)37-14-13-36(26(18-37)21-10-11-23(33)24(34)16-21)17-20-9-12-27(28(15-20)40-4)41-19-29(38)35-25-8-6-5-7-22(25)32/h5-12,15-16,26H,13-14,17-19H2,1-4H3,(H,35,38). The molecule has 0 spiro atoms. The van der Waals surface area contributed by atoms with Crippen molar-refractivity contribution in [2.45, 2.75) is 39.0 Å². The molecule has 3 aromatic carbocycles. The summed E-state index contributed by atoms with van der Waals surface area (Å²) in [7, 11) is 1.50. The van der Waals surface area contributed by atoms with E-state index in [0.717, 1.165) is 17.7 Å². The van der Waals surface area contributed by atoms with Gasteiger partial charge < -0.3 is 24.4 Å². The van der Waals surface area contributed by atoms with Gasteiger partial charge in [-0.2, -0.15) is 0 Å². The average Bonchev–Trinajstić information content (AvgIpc) is 2.94. The van der Waals surface area contributed by atoms with Crippen LogP contribution in [0.25, 0.3) is 0 Å². The number of carbonyl (C=O) groups excluding carboxylic acids is 2. The Balaban J connectivity index is 1.48. The van der Waals surface area contributed by atoms with Gasteiger partial charge in [0, 0.05) is 26.2 Å². The Morgan fingerprint density at radius 2 is 1.76 bits per heavy atom. The van der Waals surface area contributed by atoms with E-state index in [2.05, 4.69) is 10.2 Å². The molecule has 4 rings (SSSR count). The fourth-order valence-electron chi connectivity index (χ4n) is 4.59. The van der Waals surface area contributed by atoms with Crippen LogP contribution in [0.3, 0.4) is 0 Å². The lowest BCUT2D eigenvalue weighted by Gasteiger charge is -2.42. The van der Waals surface area contributed by atoms with Gasteiger partial charge in [0.25, 0.3) is 5.91 Å². The highest BCUT2D eigenvalue weighted by molar-refractivity contribution is 6.33. The van der Waals surface area contributed by atoms with E-state index in [1.807, 2.05) is 6.07 Å². The number of rotatable bonds is 8. The monoisotopic (exact) mass is 601 g/mol. The third-order valence-electron chi connectivity index (χ3n) is 6.59. The first-order valence-corrected chi connectivity index (χ1v) is 13.8. The maximum atomic E-state index is 14.2. The number of para-hydroxylation sites is 1. The molecule has 0 bridgehead atoms. The van der Waals surface area contributed by atoms with Crippen LogP contribution < -0.4 is 14.8 Å². The van der Waals surface area contributed by atoms with Gasteiger partial charge in [-0.05, 0) is 68.3 Å². The van der Waals surface area contributed by atoms with Crippen molar-refractivity contribution in [3.63, 3.8) is 0 Å². The SMILES string of the molecule is COc1cc(CN2CCN(C(=O)OC(C)(C)C)CC2c2ccc(F)c(F)c2)ccc1OCC(=O)Nc1ccccc1Cl.